The molecule has 2 aromatic carbocycles. The van der Waals surface area contributed by atoms with E-state index in [0.717, 1.165) is 38.0 Å². The number of rotatable bonds is 6. The van der Waals surface area contributed by atoms with Crippen molar-refractivity contribution in [2.75, 3.05) is 6.61 Å². The Bertz CT molecular complexity index is 1380. The van der Waals surface area contributed by atoms with Crippen LogP contribution in [0.2, 0.25) is 0 Å². The monoisotopic (exact) mass is 495 g/mol. The van der Waals surface area contributed by atoms with Crippen LogP contribution in [-0.4, -0.2) is 29.2 Å². The number of ether oxygens (including phenoxy) is 1. The normalized spacial score (nSPS) is 16.4. The minimum Gasteiger partial charge on any atom is -0.462 e. The molecule has 1 amide bonds. The topological polar surface area (TPSA) is 80.6 Å². The number of fused-ring (bicyclic) bond motifs is 1. The summed E-state index contributed by atoms with van der Waals surface area (Å²) < 4.78 is 5.11. The first-order valence-corrected chi connectivity index (χ1v) is 12.7. The average Bonchev–Trinajstić information content (AvgIpc) is 3.09. The Hall–Kier alpha value is -3.97. The zero-order valence-corrected chi connectivity index (χ0v) is 20.6. The Morgan fingerprint density at radius 2 is 1.86 bits per heavy atom. The van der Waals surface area contributed by atoms with Gasteiger partial charge in [0, 0.05) is 33.5 Å². The van der Waals surface area contributed by atoms with Gasteiger partial charge in [-0.2, -0.15) is 0 Å². The number of thioether (sulfide) groups is 1. The Balaban J connectivity index is 1.41. The lowest BCUT2D eigenvalue weighted by Crippen LogP contribution is -2.30. The lowest BCUT2D eigenvalue weighted by Gasteiger charge is -2.19. The molecule has 1 aromatic heterocycles. The third kappa shape index (κ3) is 5.16. The number of aromatic nitrogens is 1. The molecule has 6 nitrogen and oxygen atoms in total. The molecule has 1 N–H and O–H groups in total. The maximum absolute atomic E-state index is 12.9. The number of carbonyl (C=O) groups excluding carboxylic acids is 2. The molecule has 0 bridgehead atoms. The number of carbonyl (C=O) groups is 2. The first-order chi connectivity index (χ1) is 17.6. The average molecular weight is 496 g/mol. The first-order valence-electron chi connectivity index (χ1n) is 11.8. The predicted octanol–water partition coefficient (Wildman–Crippen LogP) is 5.31. The van der Waals surface area contributed by atoms with Crippen LogP contribution in [0.25, 0.3) is 0 Å². The maximum atomic E-state index is 12.9. The highest BCUT2D eigenvalue weighted by Crippen LogP contribution is 2.41. The summed E-state index contributed by atoms with van der Waals surface area (Å²) in [5.74, 6) is -0.707. The molecular formula is C29H25N3O3S. The van der Waals surface area contributed by atoms with Crippen molar-refractivity contribution in [1.82, 2.24) is 10.3 Å². The third-order valence-corrected chi connectivity index (χ3v) is 7.13. The van der Waals surface area contributed by atoms with Gasteiger partial charge in [0.25, 0.3) is 0 Å². The largest absolute Gasteiger partial charge is 0.462 e. The van der Waals surface area contributed by atoms with Crippen LogP contribution < -0.4 is 5.32 Å². The number of allylic oxidation sites excluding steroid dienone is 2. The number of amides is 1. The zero-order valence-electron chi connectivity index (χ0n) is 19.8. The lowest BCUT2D eigenvalue weighted by molar-refractivity contribution is -0.123. The quantitative estimate of drug-likeness (QED) is 0.469. The van der Waals surface area contributed by atoms with Crippen molar-refractivity contribution >= 4 is 29.4 Å². The fraction of sp³-hybridized carbons (Fsp3) is 0.172. The van der Waals surface area contributed by atoms with Crippen LogP contribution in [0, 0.1) is 5.92 Å². The van der Waals surface area contributed by atoms with Crippen LogP contribution in [-0.2, 0) is 16.1 Å². The molecule has 1 aliphatic heterocycles. The molecule has 2 aliphatic rings. The number of aliphatic imine (C=N–C) groups is 1. The van der Waals surface area contributed by atoms with Crippen molar-refractivity contribution in [2.24, 2.45) is 10.9 Å². The number of pyridine rings is 1. The molecule has 1 unspecified atom stereocenters. The summed E-state index contributed by atoms with van der Waals surface area (Å²) in [6.07, 6.45) is 6.18. The van der Waals surface area contributed by atoms with E-state index in [0.29, 0.717) is 25.1 Å². The molecule has 1 aliphatic carbocycles. The second kappa shape index (κ2) is 10.7. The summed E-state index contributed by atoms with van der Waals surface area (Å²) in [4.78, 5) is 36.5. The number of esters is 1. The Morgan fingerprint density at radius 1 is 1.06 bits per heavy atom. The zero-order chi connectivity index (χ0) is 24.9. The van der Waals surface area contributed by atoms with Crippen molar-refractivity contribution < 1.29 is 14.3 Å². The van der Waals surface area contributed by atoms with Gasteiger partial charge in [-0.3, -0.25) is 14.8 Å². The summed E-state index contributed by atoms with van der Waals surface area (Å²) in [6.45, 7) is 2.51. The summed E-state index contributed by atoms with van der Waals surface area (Å²) in [6, 6.07) is 21.1. The van der Waals surface area contributed by atoms with Gasteiger partial charge in [0.2, 0.25) is 5.91 Å². The van der Waals surface area contributed by atoms with E-state index in [1.54, 1.807) is 37.0 Å². The predicted molar refractivity (Wildman–Crippen MR) is 141 cm³/mol. The molecule has 0 radical (unpaired) electrons. The number of benzene rings is 2. The Morgan fingerprint density at radius 3 is 2.64 bits per heavy atom. The number of hydrogen-bond donors (Lipinski definition) is 1. The number of nitrogens with one attached hydrogen (secondary N) is 1. The van der Waals surface area contributed by atoms with Gasteiger partial charge in [0.15, 0.2) is 0 Å². The SMILES string of the molecule is CCOC(=O)c1ccc(C2=NC3=C(C=CC(C(=O)NCc4ccccn4)C3)Sc3ccccc32)cc1. The first kappa shape index (κ1) is 23.8. The van der Waals surface area contributed by atoms with Gasteiger partial charge in [-0.1, -0.05) is 54.2 Å². The summed E-state index contributed by atoms with van der Waals surface area (Å²) in [5.41, 5.74) is 4.93. The van der Waals surface area contributed by atoms with E-state index in [9.17, 15) is 9.59 Å². The van der Waals surface area contributed by atoms with E-state index in [1.807, 2.05) is 54.6 Å². The van der Waals surface area contributed by atoms with Crippen LogP contribution in [0.15, 0.2) is 106 Å². The van der Waals surface area contributed by atoms with E-state index in [2.05, 4.69) is 22.4 Å². The van der Waals surface area contributed by atoms with Crippen molar-refractivity contribution in [3.63, 3.8) is 0 Å². The Kier molecular flexibility index (Phi) is 7.09. The highest BCUT2D eigenvalue weighted by molar-refractivity contribution is 8.03. The van der Waals surface area contributed by atoms with Crippen LogP contribution in [0.1, 0.15) is 40.5 Å². The molecule has 0 spiro atoms. The molecule has 7 heteroatoms. The van der Waals surface area contributed by atoms with Gasteiger partial charge in [-0.25, -0.2) is 4.79 Å². The van der Waals surface area contributed by atoms with Gasteiger partial charge in [0.1, 0.15) is 0 Å². The molecule has 180 valence electrons. The highest BCUT2D eigenvalue weighted by Gasteiger charge is 2.27. The summed E-state index contributed by atoms with van der Waals surface area (Å²) in [7, 11) is 0. The number of hydrogen-bond acceptors (Lipinski definition) is 6. The van der Waals surface area contributed by atoms with Gasteiger partial charge in [0.05, 0.1) is 41.7 Å². The van der Waals surface area contributed by atoms with E-state index in [-0.39, 0.29) is 17.8 Å². The van der Waals surface area contributed by atoms with E-state index in [1.165, 1.54) is 0 Å². The molecule has 1 atom stereocenters. The standard InChI is InChI=1S/C29H25N3O3S/c1-2-35-29(34)20-12-10-19(11-13-20)27-23-8-3-4-9-25(23)36-26-15-14-21(17-24(26)32-27)28(33)31-18-22-7-5-6-16-30-22/h3-16,21H,2,17-18H2,1H3,(H,31,33). The summed E-state index contributed by atoms with van der Waals surface area (Å²) in [5, 5.41) is 2.99. The van der Waals surface area contributed by atoms with Crippen LogP contribution >= 0.6 is 11.8 Å². The minimum atomic E-state index is -0.343. The van der Waals surface area contributed by atoms with Crippen molar-refractivity contribution in [1.29, 1.82) is 0 Å². The van der Waals surface area contributed by atoms with E-state index < -0.39 is 0 Å². The number of nitrogens with zero attached hydrogens (tertiary/aromatic N) is 2. The van der Waals surface area contributed by atoms with Crippen molar-refractivity contribution in [3.05, 3.63) is 118 Å². The van der Waals surface area contributed by atoms with Crippen molar-refractivity contribution in [3.8, 4) is 0 Å². The molecular weight excluding hydrogens is 470 g/mol. The van der Waals surface area contributed by atoms with Gasteiger partial charge in [-0.15, -0.1) is 0 Å². The second-order valence-electron chi connectivity index (χ2n) is 8.38. The Labute approximate surface area is 214 Å². The smallest absolute Gasteiger partial charge is 0.338 e. The highest BCUT2D eigenvalue weighted by atomic mass is 32.2. The van der Waals surface area contributed by atoms with Crippen LogP contribution in [0.4, 0.5) is 0 Å². The molecule has 2 heterocycles. The van der Waals surface area contributed by atoms with Crippen LogP contribution in [0.3, 0.4) is 0 Å². The molecule has 0 fully saturated rings. The fourth-order valence-corrected chi connectivity index (χ4v) is 5.18. The molecule has 0 saturated carbocycles. The van der Waals surface area contributed by atoms with Gasteiger partial charge < -0.3 is 10.1 Å². The fourth-order valence-electron chi connectivity index (χ4n) is 4.13. The molecule has 5 rings (SSSR count). The van der Waals surface area contributed by atoms with Crippen molar-refractivity contribution in [2.45, 2.75) is 24.8 Å². The van der Waals surface area contributed by atoms with Gasteiger partial charge >= 0.3 is 5.97 Å². The third-order valence-electron chi connectivity index (χ3n) is 5.96. The molecule has 0 saturated heterocycles. The van der Waals surface area contributed by atoms with E-state index in [4.69, 9.17) is 9.73 Å². The maximum Gasteiger partial charge on any atom is 0.338 e. The summed E-state index contributed by atoms with van der Waals surface area (Å²) >= 11 is 1.66. The van der Waals surface area contributed by atoms with E-state index >= 15 is 0 Å². The minimum absolute atomic E-state index is 0.0502. The lowest BCUT2D eigenvalue weighted by atomic mass is 9.96. The second-order valence-corrected chi connectivity index (χ2v) is 9.46. The molecule has 36 heavy (non-hydrogen) atoms. The molecule has 3 aromatic rings. The van der Waals surface area contributed by atoms with Gasteiger partial charge in [-0.05, 0) is 43.3 Å². The van der Waals surface area contributed by atoms with Crippen LogP contribution in [0.5, 0.6) is 0 Å².